The van der Waals surface area contributed by atoms with Gasteiger partial charge < -0.3 is 4.74 Å². The zero-order valence-electron chi connectivity index (χ0n) is 17.0. The van der Waals surface area contributed by atoms with Gasteiger partial charge in [-0.25, -0.2) is 13.2 Å². The van der Waals surface area contributed by atoms with Gasteiger partial charge in [-0.15, -0.1) is 0 Å². The number of fused-ring (bicyclic) bond motifs is 1. The van der Waals surface area contributed by atoms with Crippen molar-refractivity contribution in [2.45, 2.75) is 11.8 Å². The largest absolute Gasteiger partial charge is 0.465 e. The van der Waals surface area contributed by atoms with E-state index in [0.29, 0.717) is 11.3 Å². The Morgan fingerprint density at radius 1 is 0.968 bits per heavy atom. The fourth-order valence-electron chi connectivity index (χ4n) is 3.34. The summed E-state index contributed by atoms with van der Waals surface area (Å²) in [6, 6.07) is 20.9. The van der Waals surface area contributed by atoms with Gasteiger partial charge in [0.05, 0.1) is 29.0 Å². The minimum Gasteiger partial charge on any atom is -0.465 e. The summed E-state index contributed by atoms with van der Waals surface area (Å²) >= 11 is 0. The molecule has 3 aromatic carbocycles. The Morgan fingerprint density at radius 3 is 2.45 bits per heavy atom. The molecule has 4 aromatic rings. The average molecular weight is 433 g/mol. The van der Waals surface area contributed by atoms with E-state index in [0.717, 1.165) is 16.3 Å². The van der Waals surface area contributed by atoms with Crippen molar-refractivity contribution in [2.75, 3.05) is 11.8 Å². The third-order valence-electron chi connectivity index (χ3n) is 4.95. The number of esters is 1. The van der Waals surface area contributed by atoms with Gasteiger partial charge in [0.1, 0.15) is 0 Å². The first-order valence-corrected chi connectivity index (χ1v) is 11.0. The predicted molar refractivity (Wildman–Crippen MR) is 121 cm³/mol. The number of ether oxygens (including phenoxy) is 1. The molecule has 0 spiro atoms. The monoisotopic (exact) mass is 432 g/mol. The minimum absolute atomic E-state index is 0.124. The van der Waals surface area contributed by atoms with E-state index in [-0.39, 0.29) is 16.1 Å². The first-order chi connectivity index (χ1) is 14.9. The summed E-state index contributed by atoms with van der Waals surface area (Å²) in [5.74, 6) is -0.562. The summed E-state index contributed by atoms with van der Waals surface area (Å²) in [6.45, 7) is 1.88. The first kappa shape index (κ1) is 20.6. The summed E-state index contributed by atoms with van der Waals surface area (Å²) in [5, 5.41) is 1.84. The van der Waals surface area contributed by atoms with Crippen LogP contribution in [0, 0.1) is 6.92 Å². The summed E-state index contributed by atoms with van der Waals surface area (Å²) in [7, 11) is -2.62. The highest BCUT2D eigenvalue weighted by Crippen LogP contribution is 2.34. The topological polar surface area (TPSA) is 85.4 Å². The molecule has 0 fully saturated rings. The van der Waals surface area contributed by atoms with Gasteiger partial charge in [-0.05, 0) is 48.7 Å². The molecule has 0 aliphatic carbocycles. The molecule has 0 aliphatic rings. The summed E-state index contributed by atoms with van der Waals surface area (Å²) in [4.78, 5) is 16.7. The van der Waals surface area contributed by atoms with Gasteiger partial charge in [-0.2, -0.15) is 0 Å². The molecule has 0 saturated carbocycles. The zero-order valence-corrected chi connectivity index (χ0v) is 17.8. The van der Waals surface area contributed by atoms with Crippen molar-refractivity contribution in [3.63, 3.8) is 0 Å². The van der Waals surface area contributed by atoms with Gasteiger partial charge in [0.15, 0.2) is 0 Å². The molecule has 7 heteroatoms. The van der Waals surface area contributed by atoms with Crippen LogP contribution in [0.5, 0.6) is 0 Å². The van der Waals surface area contributed by atoms with E-state index in [1.54, 1.807) is 30.5 Å². The Bertz CT molecular complexity index is 1380. The number of methoxy groups -OCH3 is 1. The standard InChI is InChI=1S/C24H20N2O4S/c1-16-7-10-19(11-8-16)31(28,29)26-22-15-18(24(27)30-2)9-12-21(22)23-20-6-4-3-5-17(20)13-14-25-23/h3-15,26H,1-2H3. The van der Waals surface area contributed by atoms with Crippen LogP contribution in [0.25, 0.3) is 22.0 Å². The van der Waals surface area contributed by atoms with Crippen LogP contribution < -0.4 is 4.72 Å². The van der Waals surface area contributed by atoms with Crippen LogP contribution >= 0.6 is 0 Å². The SMILES string of the molecule is COC(=O)c1ccc(-c2nccc3ccccc23)c(NS(=O)(=O)c2ccc(C)cc2)c1. The van der Waals surface area contributed by atoms with Crippen molar-refractivity contribution >= 4 is 32.5 Å². The van der Waals surface area contributed by atoms with Crippen molar-refractivity contribution < 1.29 is 17.9 Å². The third kappa shape index (κ3) is 4.13. The molecule has 0 bridgehead atoms. The molecule has 31 heavy (non-hydrogen) atoms. The lowest BCUT2D eigenvalue weighted by Gasteiger charge is -2.15. The number of nitrogens with one attached hydrogen (secondary N) is 1. The second-order valence-electron chi connectivity index (χ2n) is 7.05. The van der Waals surface area contributed by atoms with Crippen LogP contribution in [0.4, 0.5) is 5.69 Å². The van der Waals surface area contributed by atoms with Gasteiger partial charge in [-0.1, -0.05) is 42.0 Å². The molecule has 0 saturated heterocycles. The molecular weight excluding hydrogens is 412 g/mol. The maximum absolute atomic E-state index is 13.1. The Hall–Kier alpha value is -3.71. The second-order valence-corrected chi connectivity index (χ2v) is 8.73. The van der Waals surface area contributed by atoms with Crippen LogP contribution in [0.1, 0.15) is 15.9 Å². The van der Waals surface area contributed by atoms with E-state index < -0.39 is 16.0 Å². The van der Waals surface area contributed by atoms with Gasteiger partial charge >= 0.3 is 5.97 Å². The van der Waals surface area contributed by atoms with Gasteiger partial charge in [-0.3, -0.25) is 9.71 Å². The van der Waals surface area contributed by atoms with Crippen molar-refractivity contribution in [1.82, 2.24) is 4.98 Å². The van der Waals surface area contributed by atoms with Crippen LogP contribution in [0.15, 0.2) is 83.9 Å². The van der Waals surface area contributed by atoms with E-state index in [9.17, 15) is 13.2 Å². The van der Waals surface area contributed by atoms with E-state index in [1.165, 1.54) is 25.3 Å². The number of hydrogen-bond donors (Lipinski definition) is 1. The number of carbonyl (C=O) groups is 1. The van der Waals surface area contributed by atoms with Crippen LogP contribution in [-0.4, -0.2) is 26.5 Å². The molecule has 1 N–H and O–H groups in total. The van der Waals surface area contributed by atoms with Crippen molar-refractivity contribution in [1.29, 1.82) is 0 Å². The number of nitrogens with zero attached hydrogens (tertiary/aromatic N) is 1. The molecule has 6 nitrogen and oxygen atoms in total. The lowest BCUT2D eigenvalue weighted by molar-refractivity contribution is 0.0601. The number of anilines is 1. The Morgan fingerprint density at radius 2 is 1.71 bits per heavy atom. The Balaban J connectivity index is 1.88. The van der Waals surface area contributed by atoms with Crippen LogP contribution in [0.2, 0.25) is 0 Å². The lowest BCUT2D eigenvalue weighted by atomic mass is 10.0. The highest BCUT2D eigenvalue weighted by molar-refractivity contribution is 7.92. The normalized spacial score (nSPS) is 11.3. The molecule has 0 aliphatic heterocycles. The highest BCUT2D eigenvalue weighted by Gasteiger charge is 2.20. The quantitative estimate of drug-likeness (QED) is 0.458. The number of rotatable bonds is 5. The Kier molecular flexibility index (Phi) is 5.44. The lowest BCUT2D eigenvalue weighted by Crippen LogP contribution is -2.14. The number of aromatic nitrogens is 1. The van der Waals surface area contributed by atoms with Gasteiger partial charge in [0.25, 0.3) is 10.0 Å². The maximum atomic E-state index is 13.1. The summed E-state index contributed by atoms with van der Waals surface area (Å²) in [6.07, 6.45) is 1.67. The Labute approximate surface area is 180 Å². The van der Waals surface area contributed by atoms with Crippen molar-refractivity contribution in [3.8, 4) is 11.3 Å². The fourth-order valence-corrected chi connectivity index (χ4v) is 4.41. The maximum Gasteiger partial charge on any atom is 0.337 e. The molecule has 0 amide bonds. The number of sulfonamides is 1. The molecule has 156 valence electrons. The van der Waals surface area contributed by atoms with E-state index in [2.05, 4.69) is 9.71 Å². The van der Waals surface area contributed by atoms with E-state index in [4.69, 9.17) is 4.74 Å². The molecule has 0 atom stereocenters. The van der Waals surface area contributed by atoms with Crippen LogP contribution in [0.3, 0.4) is 0 Å². The van der Waals surface area contributed by atoms with Gasteiger partial charge in [0.2, 0.25) is 0 Å². The van der Waals surface area contributed by atoms with E-state index >= 15 is 0 Å². The number of pyridine rings is 1. The van der Waals surface area contributed by atoms with Crippen molar-refractivity contribution in [2.24, 2.45) is 0 Å². The third-order valence-corrected chi connectivity index (χ3v) is 6.33. The average Bonchev–Trinajstić information content (AvgIpc) is 2.78. The molecule has 1 aromatic heterocycles. The van der Waals surface area contributed by atoms with Crippen LogP contribution in [-0.2, 0) is 14.8 Å². The molecule has 4 rings (SSSR count). The predicted octanol–water partition coefficient (Wildman–Crippen LogP) is 4.80. The smallest absolute Gasteiger partial charge is 0.337 e. The minimum atomic E-state index is -3.89. The summed E-state index contributed by atoms with van der Waals surface area (Å²) in [5.41, 5.74) is 2.59. The molecular formula is C24H20N2O4S. The van der Waals surface area contributed by atoms with E-state index in [1.807, 2.05) is 37.3 Å². The zero-order chi connectivity index (χ0) is 22.0. The second kappa shape index (κ2) is 8.20. The highest BCUT2D eigenvalue weighted by atomic mass is 32.2. The van der Waals surface area contributed by atoms with Crippen molar-refractivity contribution in [3.05, 3.63) is 90.1 Å². The molecule has 1 heterocycles. The molecule has 0 unspecified atom stereocenters. The summed E-state index contributed by atoms with van der Waals surface area (Å²) < 4.78 is 33.6. The molecule has 0 radical (unpaired) electrons. The number of benzene rings is 3. The first-order valence-electron chi connectivity index (χ1n) is 9.55. The number of hydrogen-bond acceptors (Lipinski definition) is 5. The number of aryl methyl sites for hydroxylation is 1. The fraction of sp³-hybridized carbons (Fsp3) is 0.0833. The number of carbonyl (C=O) groups excluding carboxylic acids is 1. The van der Waals surface area contributed by atoms with Gasteiger partial charge in [0, 0.05) is 17.1 Å².